The Kier molecular flexibility index (Phi) is 6.59. The first-order valence-corrected chi connectivity index (χ1v) is 9.37. The van der Waals surface area contributed by atoms with Crippen LogP contribution in [0.2, 0.25) is 0 Å². The first-order chi connectivity index (χ1) is 12.4. The van der Waals surface area contributed by atoms with Crippen LogP contribution in [0.5, 0.6) is 11.5 Å². The zero-order valence-electron chi connectivity index (χ0n) is 14.8. The van der Waals surface area contributed by atoms with Crippen molar-refractivity contribution in [2.24, 2.45) is 0 Å². The molecule has 1 N–H and O–H groups in total. The molecular formula is C18H21NO6S. The van der Waals surface area contributed by atoms with Crippen LogP contribution in [0.1, 0.15) is 22.8 Å². The van der Waals surface area contributed by atoms with Gasteiger partial charge in [-0.15, -0.1) is 0 Å². The molecule has 2 aromatic rings. The van der Waals surface area contributed by atoms with Crippen LogP contribution in [0.4, 0.5) is 0 Å². The van der Waals surface area contributed by atoms with Crippen LogP contribution < -0.4 is 14.2 Å². The Labute approximate surface area is 152 Å². The number of hydrogen-bond donors (Lipinski definition) is 1. The molecule has 0 unspecified atom stereocenters. The normalized spacial score (nSPS) is 11.0. The van der Waals surface area contributed by atoms with Crippen molar-refractivity contribution < 1.29 is 27.4 Å². The van der Waals surface area contributed by atoms with Gasteiger partial charge in [0, 0.05) is 6.54 Å². The van der Waals surface area contributed by atoms with E-state index >= 15 is 0 Å². The molecule has 0 spiro atoms. The minimum Gasteiger partial charge on any atom is -0.493 e. The molecule has 7 nitrogen and oxygen atoms in total. The highest BCUT2D eigenvalue weighted by Gasteiger charge is 2.17. The fourth-order valence-electron chi connectivity index (χ4n) is 2.27. The maximum Gasteiger partial charge on any atom is 0.337 e. The van der Waals surface area contributed by atoms with Gasteiger partial charge in [0.1, 0.15) is 0 Å². The summed E-state index contributed by atoms with van der Waals surface area (Å²) >= 11 is 0. The molecule has 0 saturated heterocycles. The second-order valence-electron chi connectivity index (χ2n) is 5.26. The summed E-state index contributed by atoms with van der Waals surface area (Å²) in [6.07, 6.45) is 0. The third-order valence-corrected chi connectivity index (χ3v) is 4.96. The van der Waals surface area contributed by atoms with Crippen molar-refractivity contribution in [3.05, 3.63) is 53.6 Å². The molecule has 26 heavy (non-hydrogen) atoms. The Balaban J connectivity index is 2.18. The largest absolute Gasteiger partial charge is 0.493 e. The highest BCUT2D eigenvalue weighted by Crippen LogP contribution is 2.28. The number of carbonyl (C=O) groups is 1. The minimum absolute atomic E-state index is 0.0149. The summed E-state index contributed by atoms with van der Waals surface area (Å²) in [4.78, 5) is 11.6. The predicted octanol–water partition coefficient (Wildman–Crippen LogP) is 2.36. The van der Waals surface area contributed by atoms with E-state index in [4.69, 9.17) is 9.47 Å². The molecule has 2 rings (SSSR count). The molecule has 0 atom stereocenters. The van der Waals surface area contributed by atoms with Crippen molar-refractivity contribution in [3.8, 4) is 11.5 Å². The molecule has 0 heterocycles. The molecule has 0 aliphatic carbocycles. The average molecular weight is 379 g/mol. The van der Waals surface area contributed by atoms with Crippen LogP contribution in [-0.4, -0.2) is 35.2 Å². The van der Waals surface area contributed by atoms with E-state index in [1.807, 2.05) is 6.92 Å². The van der Waals surface area contributed by atoms with E-state index in [9.17, 15) is 13.2 Å². The Morgan fingerprint density at radius 3 is 2.50 bits per heavy atom. The molecule has 0 radical (unpaired) electrons. The number of benzene rings is 2. The summed E-state index contributed by atoms with van der Waals surface area (Å²) < 4.78 is 42.8. The number of rotatable bonds is 8. The Hall–Kier alpha value is -2.58. The number of nitrogens with one attached hydrogen (secondary N) is 1. The maximum atomic E-state index is 12.5. The third kappa shape index (κ3) is 4.74. The van der Waals surface area contributed by atoms with Crippen molar-refractivity contribution in [2.45, 2.75) is 18.4 Å². The SMILES string of the molecule is CCOc1cc(CNS(=O)(=O)c2cccc(C(=O)OC)c2)ccc1OC. The fourth-order valence-corrected chi connectivity index (χ4v) is 3.33. The van der Waals surface area contributed by atoms with Crippen LogP contribution in [0.25, 0.3) is 0 Å². The first-order valence-electron chi connectivity index (χ1n) is 7.89. The van der Waals surface area contributed by atoms with Gasteiger partial charge in [-0.05, 0) is 42.8 Å². The number of sulfonamides is 1. The van der Waals surface area contributed by atoms with Gasteiger partial charge in [-0.3, -0.25) is 0 Å². The standard InChI is InChI=1S/C18H21NO6S/c1-4-25-17-10-13(8-9-16(17)23-2)12-19-26(21,22)15-7-5-6-14(11-15)18(20)24-3/h5-11,19H,4,12H2,1-3H3. The predicted molar refractivity (Wildman–Crippen MR) is 96.0 cm³/mol. The molecular weight excluding hydrogens is 358 g/mol. The number of ether oxygens (including phenoxy) is 3. The third-order valence-electron chi connectivity index (χ3n) is 3.56. The number of hydrogen-bond acceptors (Lipinski definition) is 6. The summed E-state index contributed by atoms with van der Waals surface area (Å²) in [5.74, 6) is 0.516. The van der Waals surface area contributed by atoms with Crippen LogP contribution in [-0.2, 0) is 21.3 Å². The summed E-state index contributed by atoms with van der Waals surface area (Å²) in [6, 6.07) is 10.8. The molecule has 0 bridgehead atoms. The lowest BCUT2D eigenvalue weighted by atomic mass is 10.2. The van der Waals surface area contributed by atoms with Gasteiger partial charge in [0.05, 0.1) is 31.3 Å². The van der Waals surface area contributed by atoms with Crippen LogP contribution in [0.15, 0.2) is 47.4 Å². The quantitative estimate of drug-likeness (QED) is 0.708. The second-order valence-corrected chi connectivity index (χ2v) is 7.03. The van der Waals surface area contributed by atoms with E-state index in [1.165, 1.54) is 38.5 Å². The highest BCUT2D eigenvalue weighted by atomic mass is 32.2. The lowest BCUT2D eigenvalue weighted by molar-refractivity contribution is 0.0600. The molecule has 0 saturated carbocycles. The van der Waals surface area contributed by atoms with Crippen LogP contribution >= 0.6 is 0 Å². The monoisotopic (exact) mass is 379 g/mol. The van der Waals surface area contributed by atoms with E-state index in [-0.39, 0.29) is 17.0 Å². The van der Waals surface area contributed by atoms with E-state index in [1.54, 1.807) is 18.2 Å². The molecule has 2 aromatic carbocycles. The fraction of sp³-hybridized carbons (Fsp3) is 0.278. The van der Waals surface area contributed by atoms with Gasteiger partial charge >= 0.3 is 5.97 Å². The Morgan fingerprint density at radius 2 is 1.85 bits per heavy atom. The Bertz CT molecular complexity index is 879. The highest BCUT2D eigenvalue weighted by molar-refractivity contribution is 7.89. The molecule has 140 valence electrons. The van der Waals surface area contributed by atoms with Crippen LogP contribution in [0.3, 0.4) is 0 Å². The molecule has 8 heteroatoms. The number of esters is 1. The van der Waals surface area contributed by atoms with Crippen molar-refractivity contribution in [1.82, 2.24) is 4.72 Å². The zero-order valence-corrected chi connectivity index (χ0v) is 15.6. The van der Waals surface area contributed by atoms with Gasteiger partial charge < -0.3 is 14.2 Å². The zero-order chi connectivity index (χ0) is 19.2. The van der Waals surface area contributed by atoms with Gasteiger partial charge in [-0.25, -0.2) is 17.9 Å². The van der Waals surface area contributed by atoms with Crippen molar-refractivity contribution in [1.29, 1.82) is 0 Å². The number of carbonyl (C=O) groups excluding carboxylic acids is 1. The minimum atomic E-state index is -3.79. The lowest BCUT2D eigenvalue weighted by Gasteiger charge is -2.12. The number of methoxy groups -OCH3 is 2. The summed E-state index contributed by atoms with van der Waals surface area (Å²) in [5.41, 5.74) is 0.875. The molecule has 0 aromatic heterocycles. The topological polar surface area (TPSA) is 90.9 Å². The maximum absolute atomic E-state index is 12.5. The molecule has 0 aliphatic rings. The van der Waals surface area contributed by atoms with Gasteiger partial charge in [0.2, 0.25) is 10.0 Å². The van der Waals surface area contributed by atoms with Gasteiger partial charge in [0.25, 0.3) is 0 Å². The summed E-state index contributed by atoms with van der Waals surface area (Å²) in [5, 5.41) is 0. The molecule has 0 aliphatic heterocycles. The van der Waals surface area contributed by atoms with Gasteiger partial charge in [-0.2, -0.15) is 0 Å². The van der Waals surface area contributed by atoms with E-state index in [0.29, 0.717) is 23.7 Å². The average Bonchev–Trinajstić information content (AvgIpc) is 2.66. The molecule has 0 fully saturated rings. The summed E-state index contributed by atoms with van der Waals surface area (Å²) in [6.45, 7) is 2.38. The smallest absolute Gasteiger partial charge is 0.337 e. The van der Waals surface area contributed by atoms with Crippen molar-refractivity contribution in [3.63, 3.8) is 0 Å². The van der Waals surface area contributed by atoms with E-state index in [2.05, 4.69) is 9.46 Å². The van der Waals surface area contributed by atoms with Crippen molar-refractivity contribution in [2.75, 3.05) is 20.8 Å². The van der Waals surface area contributed by atoms with E-state index in [0.717, 1.165) is 0 Å². The summed E-state index contributed by atoms with van der Waals surface area (Å²) in [7, 11) is -1.02. The lowest BCUT2D eigenvalue weighted by Crippen LogP contribution is -2.23. The van der Waals surface area contributed by atoms with E-state index < -0.39 is 16.0 Å². The van der Waals surface area contributed by atoms with Crippen molar-refractivity contribution >= 4 is 16.0 Å². The van der Waals surface area contributed by atoms with Gasteiger partial charge in [0.15, 0.2) is 11.5 Å². The van der Waals surface area contributed by atoms with Crippen LogP contribution in [0, 0.1) is 0 Å². The molecule has 0 amide bonds. The second kappa shape index (κ2) is 8.68. The van der Waals surface area contributed by atoms with Gasteiger partial charge in [-0.1, -0.05) is 12.1 Å². The Morgan fingerprint density at radius 1 is 1.08 bits per heavy atom. The first kappa shape index (κ1) is 19.7.